The van der Waals surface area contributed by atoms with Crippen LogP contribution in [0.3, 0.4) is 0 Å². The molecule has 0 saturated carbocycles. The molecule has 0 radical (unpaired) electrons. The molecule has 2 aromatic rings. The fourth-order valence-electron chi connectivity index (χ4n) is 4.97. The number of piperidine rings is 1. The smallest absolute Gasteiger partial charge is 0.246 e. The third-order valence-electron chi connectivity index (χ3n) is 6.98. The summed E-state index contributed by atoms with van der Waals surface area (Å²) in [7, 11) is 0. The maximum atomic E-state index is 14.5. The van der Waals surface area contributed by atoms with Crippen molar-refractivity contribution in [2.75, 3.05) is 49.7 Å². The van der Waals surface area contributed by atoms with Crippen LogP contribution in [0.15, 0.2) is 37.1 Å². The summed E-state index contributed by atoms with van der Waals surface area (Å²) in [6, 6.07) is 6.01. The van der Waals surface area contributed by atoms with E-state index in [9.17, 15) is 9.18 Å². The van der Waals surface area contributed by atoms with Gasteiger partial charge < -0.3 is 15.0 Å². The van der Waals surface area contributed by atoms with Crippen molar-refractivity contribution in [1.29, 1.82) is 0 Å². The lowest BCUT2D eigenvalue weighted by Gasteiger charge is -2.35. The summed E-state index contributed by atoms with van der Waals surface area (Å²) in [6.45, 7) is 9.41. The van der Waals surface area contributed by atoms with E-state index in [-0.39, 0.29) is 23.7 Å². The van der Waals surface area contributed by atoms with Crippen molar-refractivity contribution in [2.24, 2.45) is 11.8 Å². The highest BCUT2D eigenvalue weighted by Crippen LogP contribution is 2.28. The Hall–Kier alpha value is -3.08. The predicted octanol–water partition coefficient (Wildman–Crippen LogP) is 2.22. The zero-order valence-electron chi connectivity index (χ0n) is 19.8. The minimum atomic E-state index is -0.559. The molecule has 9 nitrogen and oxygen atoms in total. The van der Waals surface area contributed by atoms with E-state index < -0.39 is 5.82 Å². The average Bonchev–Trinajstić information content (AvgIpc) is 2.86. The SMILES string of the molecule is C=CC(=O)N1CCC[C@@H](Nc2nc(N(N)c3ccc4c(c3)CCN(CC3COC3)C4)ncc2F)C1. The lowest BCUT2D eigenvalue weighted by atomic mass is 9.97. The quantitative estimate of drug-likeness (QED) is 0.353. The Bertz CT molecular complexity index is 1090. The van der Waals surface area contributed by atoms with Gasteiger partial charge in [-0.2, -0.15) is 4.98 Å². The van der Waals surface area contributed by atoms with E-state index in [0.717, 1.165) is 64.0 Å². The second kappa shape index (κ2) is 10.3. The van der Waals surface area contributed by atoms with E-state index in [0.29, 0.717) is 19.0 Å². The molecule has 3 aliphatic rings. The molecule has 0 bridgehead atoms. The van der Waals surface area contributed by atoms with Crippen molar-refractivity contribution >= 4 is 23.4 Å². The van der Waals surface area contributed by atoms with Gasteiger partial charge in [0, 0.05) is 44.7 Å². The van der Waals surface area contributed by atoms with Crippen LogP contribution in [0.4, 0.5) is 21.8 Å². The standard InChI is InChI=1S/C25H32FN7O2/c1-2-23(34)32-8-3-4-20(14-32)29-24-22(26)11-28-25(30-24)33(27)21-6-5-19-13-31(9-7-18(19)10-21)12-17-15-35-16-17/h2,5-6,10-11,17,20H,1,3-4,7-9,12-16,27H2,(H,28,29,30)/t20-/m1/s1. The van der Waals surface area contributed by atoms with Gasteiger partial charge in [-0.05, 0) is 48.6 Å². The van der Waals surface area contributed by atoms with Gasteiger partial charge in [0.05, 0.1) is 25.1 Å². The normalized spacial score (nSPS) is 20.6. The van der Waals surface area contributed by atoms with E-state index in [2.05, 4.69) is 38.9 Å². The number of hydrogen-bond donors (Lipinski definition) is 2. The van der Waals surface area contributed by atoms with Gasteiger partial charge in [0.15, 0.2) is 11.6 Å². The number of likely N-dealkylation sites (tertiary alicyclic amines) is 1. The number of amides is 1. The third-order valence-corrected chi connectivity index (χ3v) is 6.98. The van der Waals surface area contributed by atoms with Crippen LogP contribution in [0.2, 0.25) is 0 Å². The number of halogens is 1. The number of rotatable bonds is 7. The van der Waals surface area contributed by atoms with Gasteiger partial charge >= 0.3 is 0 Å². The first-order valence-electron chi connectivity index (χ1n) is 12.2. The number of anilines is 3. The maximum absolute atomic E-state index is 14.5. The van der Waals surface area contributed by atoms with Crippen LogP contribution in [0, 0.1) is 11.7 Å². The van der Waals surface area contributed by atoms with Gasteiger partial charge in [0.2, 0.25) is 11.9 Å². The number of nitrogens with zero attached hydrogens (tertiary/aromatic N) is 5. The molecule has 186 valence electrons. The molecule has 1 atom stereocenters. The van der Waals surface area contributed by atoms with Gasteiger partial charge in [-0.25, -0.2) is 20.2 Å². The second-order valence-corrected chi connectivity index (χ2v) is 9.55. The lowest BCUT2D eigenvalue weighted by molar-refractivity contribution is -0.127. The third kappa shape index (κ3) is 5.29. The number of carbonyl (C=O) groups excluding carboxylic acids is 1. The minimum absolute atomic E-state index is 0.0805. The molecule has 10 heteroatoms. The molecular formula is C25H32FN7O2. The first kappa shape index (κ1) is 23.7. The van der Waals surface area contributed by atoms with Crippen LogP contribution in [0.25, 0.3) is 0 Å². The summed E-state index contributed by atoms with van der Waals surface area (Å²) < 4.78 is 19.8. The summed E-state index contributed by atoms with van der Waals surface area (Å²) >= 11 is 0. The molecule has 5 rings (SSSR count). The number of hydrazine groups is 1. The zero-order valence-corrected chi connectivity index (χ0v) is 19.8. The Morgan fingerprint density at radius 2 is 2.20 bits per heavy atom. The van der Waals surface area contributed by atoms with Crippen molar-refractivity contribution in [3.05, 3.63) is 54.0 Å². The highest BCUT2D eigenvalue weighted by molar-refractivity contribution is 5.87. The number of ether oxygens (including phenoxy) is 1. The molecule has 0 aliphatic carbocycles. The number of benzene rings is 1. The van der Waals surface area contributed by atoms with Crippen molar-refractivity contribution in [3.8, 4) is 0 Å². The predicted molar refractivity (Wildman–Crippen MR) is 131 cm³/mol. The highest BCUT2D eigenvalue weighted by atomic mass is 19.1. The molecule has 1 aromatic heterocycles. The fourth-order valence-corrected chi connectivity index (χ4v) is 4.97. The molecule has 2 fully saturated rings. The zero-order chi connectivity index (χ0) is 24.4. The summed E-state index contributed by atoms with van der Waals surface area (Å²) in [4.78, 5) is 24.6. The van der Waals surface area contributed by atoms with Gasteiger partial charge in [0.25, 0.3) is 0 Å². The number of hydrogen-bond acceptors (Lipinski definition) is 8. The van der Waals surface area contributed by atoms with Crippen LogP contribution in [-0.4, -0.2) is 71.1 Å². The number of nitrogens with one attached hydrogen (secondary N) is 1. The van der Waals surface area contributed by atoms with Gasteiger partial charge in [0.1, 0.15) is 0 Å². The number of fused-ring (bicyclic) bond motifs is 1. The molecule has 0 unspecified atom stereocenters. The van der Waals surface area contributed by atoms with Crippen LogP contribution in [0.5, 0.6) is 0 Å². The van der Waals surface area contributed by atoms with Crippen LogP contribution >= 0.6 is 0 Å². The summed E-state index contributed by atoms with van der Waals surface area (Å²) in [5.74, 6) is 6.61. The summed E-state index contributed by atoms with van der Waals surface area (Å²) in [6.07, 6.45) is 5.00. The first-order valence-corrected chi connectivity index (χ1v) is 12.2. The molecule has 35 heavy (non-hydrogen) atoms. The molecular weight excluding hydrogens is 449 g/mol. The molecule has 2 saturated heterocycles. The monoisotopic (exact) mass is 481 g/mol. The van der Waals surface area contributed by atoms with Gasteiger partial charge in [-0.15, -0.1) is 0 Å². The molecule has 4 heterocycles. The van der Waals surface area contributed by atoms with Crippen LogP contribution < -0.4 is 16.2 Å². The van der Waals surface area contributed by atoms with Crippen molar-refractivity contribution in [1.82, 2.24) is 19.8 Å². The second-order valence-electron chi connectivity index (χ2n) is 9.55. The van der Waals surface area contributed by atoms with Crippen molar-refractivity contribution < 1.29 is 13.9 Å². The minimum Gasteiger partial charge on any atom is -0.381 e. The molecule has 0 spiro atoms. The van der Waals surface area contributed by atoms with Crippen molar-refractivity contribution in [3.63, 3.8) is 0 Å². The lowest BCUT2D eigenvalue weighted by Crippen LogP contribution is -2.44. The van der Waals surface area contributed by atoms with Gasteiger partial charge in [-0.3, -0.25) is 9.69 Å². The maximum Gasteiger partial charge on any atom is 0.246 e. The first-order chi connectivity index (χ1) is 17.0. The van der Waals surface area contributed by atoms with E-state index in [1.165, 1.54) is 22.2 Å². The van der Waals surface area contributed by atoms with E-state index in [4.69, 9.17) is 10.6 Å². The molecule has 1 amide bonds. The summed E-state index contributed by atoms with van der Waals surface area (Å²) in [5.41, 5.74) is 3.31. The van der Waals surface area contributed by atoms with Crippen LogP contribution in [0.1, 0.15) is 24.0 Å². The Morgan fingerprint density at radius 1 is 1.34 bits per heavy atom. The van der Waals surface area contributed by atoms with E-state index in [1.807, 2.05) is 6.07 Å². The van der Waals surface area contributed by atoms with Crippen molar-refractivity contribution in [2.45, 2.75) is 31.8 Å². The number of aromatic nitrogens is 2. The Balaban J connectivity index is 1.27. The largest absolute Gasteiger partial charge is 0.381 e. The number of carbonyl (C=O) groups is 1. The topological polar surface area (TPSA) is 99.9 Å². The van der Waals surface area contributed by atoms with E-state index >= 15 is 0 Å². The fraction of sp³-hybridized carbons (Fsp3) is 0.480. The molecule has 3 aliphatic heterocycles. The Kier molecular flexibility index (Phi) is 6.94. The Labute approximate surface area is 204 Å². The molecule has 3 N–H and O–H groups in total. The Morgan fingerprint density at radius 3 is 2.97 bits per heavy atom. The summed E-state index contributed by atoms with van der Waals surface area (Å²) in [5, 5.41) is 4.52. The number of nitrogens with two attached hydrogens (primary N) is 1. The van der Waals surface area contributed by atoms with Gasteiger partial charge in [-0.1, -0.05) is 12.6 Å². The van der Waals surface area contributed by atoms with E-state index in [1.54, 1.807) is 4.90 Å². The van der Waals surface area contributed by atoms with Crippen LogP contribution in [-0.2, 0) is 22.5 Å². The molecule has 1 aromatic carbocycles. The average molecular weight is 482 g/mol. The highest BCUT2D eigenvalue weighted by Gasteiger charge is 2.26.